The fourth-order valence-corrected chi connectivity index (χ4v) is 3.93. The largest absolute Gasteiger partial charge is 0.492 e. The van der Waals surface area contributed by atoms with E-state index >= 15 is 0 Å². The van der Waals surface area contributed by atoms with Gasteiger partial charge < -0.3 is 4.74 Å². The lowest BCUT2D eigenvalue weighted by Gasteiger charge is -2.10. The molecule has 0 fully saturated rings. The van der Waals surface area contributed by atoms with Crippen molar-refractivity contribution in [3.8, 4) is 22.6 Å². The summed E-state index contributed by atoms with van der Waals surface area (Å²) in [5.41, 5.74) is 5.71. The fourth-order valence-electron chi connectivity index (χ4n) is 3.93. The standard InChI is InChI=1S/C24H21N5O2/c1-4-31-18-10-17(12-25-13-18)16-7-8-20-19(11-16)23-22(14-27-20)28(3)24(30)29(23)21-6-5-9-26-15(21)2/h5-14H,4H2,1-3H3. The SMILES string of the molecule is CCOc1cncc(-c2ccc3ncc4c(c3c2)n(-c2cccnc2C)c(=O)n4C)c1. The van der Waals surface area contributed by atoms with E-state index in [9.17, 15) is 4.79 Å². The summed E-state index contributed by atoms with van der Waals surface area (Å²) in [5, 5.41) is 0.887. The van der Waals surface area contributed by atoms with Crippen LogP contribution >= 0.6 is 0 Å². The first-order valence-corrected chi connectivity index (χ1v) is 10.1. The summed E-state index contributed by atoms with van der Waals surface area (Å²) in [6.07, 6.45) is 6.98. The van der Waals surface area contributed by atoms with Crippen LogP contribution in [-0.4, -0.2) is 30.7 Å². The van der Waals surface area contributed by atoms with Crippen molar-refractivity contribution < 1.29 is 4.74 Å². The van der Waals surface area contributed by atoms with Gasteiger partial charge in [0.1, 0.15) is 5.75 Å². The smallest absolute Gasteiger partial charge is 0.333 e. The molecule has 4 aromatic heterocycles. The van der Waals surface area contributed by atoms with Crippen molar-refractivity contribution in [2.24, 2.45) is 7.05 Å². The van der Waals surface area contributed by atoms with E-state index in [0.29, 0.717) is 6.61 Å². The number of aryl methyl sites for hydroxylation is 2. The van der Waals surface area contributed by atoms with Crippen LogP contribution in [0.4, 0.5) is 0 Å². The Labute approximate surface area is 178 Å². The van der Waals surface area contributed by atoms with Crippen LogP contribution in [0.15, 0.2) is 66.0 Å². The minimum atomic E-state index is -0.134. The molecule has 5 aromatic rings. The third-order valence-electron chi connectivity index (χ3n) is 5.46. The van der Waals surface area contributed by atoms with Gasteiger partial charge in [-0.25, -0.2) is 4.79 Å². The van der Waals surface area contributed by atoms with Gasteiger partial charge in [0.2, 0.25) is 0 Å². The van der Waals surface area contributed by atoms with Gasteiger partial charge in [0, 0.05) is 30.4 Å². The van der Waals surface area contributed by atoms with E-state index in [2.05, 4.69) is 21.0 Å². The highest BCUT2D eigenvalue weighted by Crippen LogP contribution is 2.30. The summed E-state index contributed by atoms with van der Waals surface area (Å²) < 4.78 is 8.95. The molecule has 0 radical (unpaired) electrons. The summed E-state index contributed by atoms with van der Waals surface area (Å²) >= 11 is 0. The van der Waals surface area contributed by atoms with Crippen LogP contribution < -0.4 is 10.4 Å². The summed E-state index contributed by atoms with van der Waals surface area (Å²) in [6, 6.07) is 11.7. The van der Waals surface area contributed by atoms with Gasteiger partial charge in [-0.3, -0.25) is 24.1 Å². The molecule has 5 rings (SSSR count). The average Bonchev–Trinajstić information content (AvgIpc) is 3.05. The monoisotopic (exact) mass is 411 g/mol. The summed E-state index contributed by atoms with van der Waals surface area (Å²) in [6.45, 7) is 4.43. The molecule has 0 atom stereocenters. The van der Waals surface area contributed by atoms with Gasteiger partial charge in [0.05, 0.1) is 46.9 Å². The zero-order valence-electron chi connectivity index (χ0n) is 17.5. The lowest BCUT2D eigenvalue weighted by Crippen LogP contribution is -2.21. The molecule has 0 saturated heterocycles. The molecule has 0 N–H and O–H groups in total. The second-order valence-corrected chi connectivity index (χ2v) is 7.35. The minimum Gasteiger partial charge on any atom is -0.492 e. The molecular weight excluding hydrogens is 390 g/mol. The van der Waals surface area contributed by atoms with Crippen molar-refractivity contribution in [3.05, 3.63) is 77.4 Å². The highest BCUT2D eigenvalue weighted by atomic mass is 16.5. The normalized spacial score (nSPS) is 11.3. The van der Waals surface area contributed by atoms with Crippen molar-refractivity contribution in [2.45, 2.75) is 13.8 Å². The topological polar surface area (TPSA) is 74.8 Å². The molecule has 0 amide bonds. The predicted molar refractivity (Wildman–Crippen MR) is 121 cm³/mol. The van der Waals surface area contributed by atoms with Crippen LogP contribution in [0.3, 0.4) is 0 Å². The Balaban J connectivity index is 1.83. The molecule has 0 spiro atoms. The second-order valence-electron chi connectivity index (χ2n) is 7.35. The molecular formula is C24H21N5O2. The maximum atomic E-state index is 13.2. The van der Waals surface area contributed by atoms with E-state index in [1.807, 2.05) is 44.2 Å². The van der Waals surface area contributed by atoms with Gasteiger partial charge in [0.15, 0.2) is 0 Å². The Morgan fingerprint density at radius 1 is 1.03 bits per heavy atom. The maximum Gasteiger partial charge on any atom is 0.333 e. The van der Waals surface area contributed by atoms with Crippen LogP contribution in [0.5, 0.6) is 5.75 Å². The number of benzene rings is 1. The van der Waals surface area contributed by atoms with Gasteiger partial charge in [0.25, 0.3) is 0 Å². The number of nitrogens with zero attached hydrogens (tertiary/aromatic N) is 5. The number of ether oxygens (including phenoxy) is 1. The summed E-state index contributed by atoms with van der Waals surface area (Å²) in [4.78, 5) is 26.5. The number of hydrogen-bond donors (Lipinski definition) is 0. The minimum absolute atomic E-state index is 0.134. The maximum absolute atomic E-state index is 13.2. The van der Waals surface area contributed by atoms with Gasteiger partial charge >= 0.3 is 5.69 Å². The average molecular weight is 411 g/mol. The van der Waals surface area contributed by atoms with Crippen molar-refractivity contribution >= 4 is 21.9 Å². The predicted octanol–water partition coefficient (Wildman–Crippen LogP) is 4.04. The molecule has 0 aliphatic rings. The van der Waals surface area contributed by atoms with Crippen molar-refractivity contribution in [3.63, 3.8) is 0 Å². The van der Waals surface area contributed by atoms with Crippen LogP contribution in [0.2, 0.25) is 0 Å². The van der Waals surface area contributed by atoms with E-state index < -0.39 is 0 Å². The Bertz CT molecular complexity index is 1500. The molecule has 7 nitrogen and oxygen atoms in total. The lowest BCUT2D eigenvalue weighted by molar-refractivity contribution is 0.339. The van der Waals surface area contributed by atoms with Gasteiger partial charge in [-0.1, -0.05) is 6.07 Å². The molecule has 0 bridgehead atoms. The van der Waals surface area contributed by atoms with E-state index in [1.165, 1.54) is 0 Å². The van der Waals surface area contributed by atoms with Crippen LogP contribution in [-0.2, 0) is 7.05 Å². The van der Waals surface area contributed by atoms with Crippen LogP contribution in [0, 0.1) is 6.92 Å². The molecule has 1 aromatic carbocycles. The molecule has 7 heteroatoms. The van der Waals surface area contributed by atoms with Crippen LogP contribution in [0.25, 0.3) is 38.8 Å². The Morgan fingerprint density at radius 2 is 1.90 bits per heavy atom. The lowest BCUT2D eigenvalue weighted by atomic mass is 10.0. The van der Waals surface area contributed by atoms with Gasteiger partial charge in [-0.05, 0) is 49.7 Å². The third kappa shape index (κ3) is 3.06. The first-order chi connectivity index (χ1) is 15.1. The Kier molecular flexibility index (Phi) is 4.51. The van der Waals surface area contributed by atoms with E-state index in [-0.39, 0.29) is 5.69 Å². The van der Waals surface area contributed by atoms with Crippen molar-refractivity contribution in [1.29, 1.82) is 0 Å². The van der Waals surface area contributed by atoms with Gasteiger partial charge in [-0.2, -0.15) is 0 Å². The highest BCUT2D eigenvalue weighted by Gasteiger charge is 2.18. The zero-order chi connectivity index (χ0) is 21.5. The van der Waals surface area contributed by atoms with Crippen LogP contribution in [0.1, 0.15) is 12.6 Å². The van der Waals surface area contributed by atoms with E-state index in [1.54, 1.807) is 41.0 Å². The first kappa shape index (κ1) is 19.0. The molecule has 4 heterocycles. The Morgan fingerprint density at radius 3 is 2.71 bits per heavy atom. The number of aromatic nitrogens is 5. The number of rotatable bonds is 4. The number of imidazole rings is 1. The second kappa shape index (κ2) is 7.36. The number of pyridine rings is 3. The number of hydrogen-bond acceptors (Lipinski definition) is 5. The fraction of sp³-hybridized carbons (Fsp3) is 0.167. The van der Waals surface area contributed by atoms with Crippen molar-refractivity contribution in [1.82, 2.24) is 24.1 Å². The molecule has 0 unspecified atom stereocenters. The number of fused-ring (bicyclic) bond motifs is 3. The molecule has 31 heavy (non-hydrogen) atoms. The summed E-state index contributed by atoms with van der Waals surface area (Å²) in [7, 11) is 1.76. The molecule has 154 valence electrons. The first-order valence-electron chi connectivity index (χ1n) is 10.1. The molecule has 0 saturated carbocycles. The molecule has 0 aliphatic carbocycles. The van der Waals surface area contributed by atoms with E-state index in [4.69, 9.17) is 4.74 Å². The quantitative estimate of drug-likeness (QED) is 0.446. The molecule has 0 aliphatic heterocycles. The Hall–Kier alpha value is -4.00. The van der Waals surface area contributed by atoms with Crippen molar-refractivity contribution in [2.75, 3.05) is 6.61 Å². The zero-order valence-corrected chi connectivity index (χ0v) is 17.5. The highest BCUT2D eigenvalue weighted by molar-refractivity contribution is 6.04. The van der Waals surface area contributed by atoms with E-state index in [0.717, 1.165) is 50.2 Å². The third-order valence-corrected chi connectivity index (χ3v) is 5.46. The summed E-state index contributed by atoms with van der Waals surface area (Å²) in [5.74, 6) is 0.721. The van der Waals surface area contributed by atoms with Gasteiger partial charge in [-0.15, -0.1) is 0 Å².